The molecule has 0 fully saturated rings. The summed E-state index contributed by atoms with van der Waals surface area (Å²) in [6, 6.07) is 12.7. The zero-order chi connectivity index (χ0) is 16.8. The molecule has 6 heteroatoms. The number of nitrogens with one attached hydrogen (secondary N) is 1. The summed E-state index contributed by atoms with van der Waals surface area (Å²) in [5, 5.41) is 20.0. The van der Waals surface area contributed by atoms with Crippen LogP contribution < -0.4 is 21.5 Å². The molecule has 0 saturated heterocycles. The third-order valence-electron chi connectivity index (χ3n) is 4.01. The van der Waals surface area contributed by atoms with Gasteiger partial charge in [0.1, 0.15) is 5.76 Å². The Morgan fingerprint density at radius 3 is 2.46 bits per heavy atom. The molecule has 2 aromatic carbocycles. The lowest BCUT2D eigenvalue weighted by Gasteiger charge is -2.10. The van der Waals surface area contributed by atoms with Gasteiger partial charge in [-0.3, -0.25) is 4.79 Å². The summed E-state index contributed by atoms with van der Waals surface area (Å²) in [6.07, 6.45) is 1.64. The highest BCUT2D eigenvalue weighted by atomic mass is 16.8. The molecule has 0 spiro atoms. The van der Waals surface area contributed by atoms with Crippen molar-refractivity contribution in [3.8, 4) is 11.3 Å². The van der Waals surface area contributed by atoms with E-state index in [1.54, 1.807) is 42.5 Å². The van der Waals surface area contributed by atoms with Gasteiger partial charge in [-0.05, 0) is 35.9 Å². The highest BCUT2D eigenvalue weighted by molar-refractivity contribution is 5.95. The third kappa shape index (κ3) is 2.17. The second kappa shape index (κ2) is 5.24. The van der Waals surface area contributed by atoms with Gasteiger partial charge in [-0.2, -0.15) is 5.23 Å². The number of hydrogen-bond donors (Lipinski definition) is 2. The molecule has 1 aliphatic heterocycles. The predicted octanol–water partition coefficient (Wildman–Crippen LogP) is 0.647. The summed E-state index contributed by atoms with van der Waals surface area (Å²) in [6.45, 7) is 0. The minimum absolute atomic E-state index is 0.171. The molecule has 0 bridgehead atoms. The van der Waals surface area contributed by atoms with Gasteiger partial charge in [0.25, 0.3) is 0 Å². The van der Waals surface area contributed by atoms with Crippen LogP contribution >= 0.6 is 0 Å². The maximum Gasteiger partial charge on any atom is 0.344 e. The van der Waals surface area contributed by atoms with E-state index < -0.39 is 10.9 Å². The molecule has 1 unspecified atom stereocenters. The molecular formula is C18H11NO5. The average Bonchev–Trinajstić information content (AvgIpc) is 2.90. The molecule has 2 aliphatic rings. The predicted molar refractivity (Wildman–Crippen MR) is 87.6 cm³/mol. The lowest BCUT2D eigenvalue weighted by molar-refractivity contribution is -0.991. The first-order valence-corrected chi connectivity index (χ1v) is 7.21. The molecule has 0 amide bonds. The maximum atomic E-state index is 12.7. The van der Waals surface area contributed by atoms with E-state index in [9.17, 15) is 14.8 Å². The molecule has 4 rings (SSSR count). The van der Waals surface area contributed by atoms with E-state index in [1.807, 2.05) is 0 Å². The summed E-state index contributed by atoms with van der Waals surface area (Å²) in [5.74, 6) is 0.374. The third-order valence-corrected chi connectivity index (χ3v) is 4.01. The Bertz CT molecular complexity index is 1160. The average molecular weight is 321 g/mol. The highest BCUT2D eigenvalue weighted by Crippen LogP contribution is 2.28. The van der Waals surface area contributed by atoms with E-state index >= 15 is 0 Å². The van der Waals surface area contributed by atoms with Crippen molar-refractivity contribution in [3.05, 3.63) is 85.2 Å². The first-order valence-electron chi connectivity index (χ1n) is 7.21. The van der Waals surface area contributed by atoms with Gasteiger partial charge >= 0.3 is 5.63 Å². The van der Waals surface area contributed by atoms with Crippen molar-refractivity contribution in [3.63, 3.8) is 0 Å². The molecule has 6 nitrogen and oxygen atoms in total. The SMILES string of the molecule is O=c1oc2c/c(=C/c3ccc([NH+]([O-])O)cc3)c(=O)c3cccc1c3-2. The molecule has 0 saturated carbocycles. The van der Waals surface area contributed by atoms with Crippen LogP contribution in [-0.2, 0) is 0 Å². The van der Waals surface area contributed by atoms with Gasteiger partial charge in [0.15, 0.2) is 11.1 Å². The smallest absolute Gasteiger partial charge is 0.344 e. The Morgan fingerprint density at radius 1 is 1.04 bits per heavy atom. The van der Waals surface area contributed by atoms with Gasteiger partial charge in [0.05, 0.1) is 5.39 Å². The van der Waals surface area contributed by atoms with Crippen LogP contribution in [0.1, 0.15) is 5.56 Å². The van der Waals surface area contributed by atoms with Crippen molar-refractivity contribution in [2.45, 2.75) is 0 Å². The Kier molecular flexibility index (Phi) is 3.17. The molecule has 2 aromatic rings. The topological polar surface area (TPSA) is 95.0 Å². The fourth-order valence-electron chi connectivity index (χ4n) is 2.86. The molecule has 1 heterocycles. The Balaban J connectivity index is 1.97. The van der Waals surface area contributed by atoms with Gasteiger partial charge in [0, 0.05) is 28.3 Å². The van der Waals surface area contributed by atoms with Crippen LogP contribution in [0.4, 0.5) is 5.69 Å². The van der Waals surface area contributed by atoms with Gasteiger partial charge in [-0.1, -0.05) is 12.1 Å². The summed E-state index contributed by atoms with van der Waals surface area (Å²) in [4.78, 5) is 24.5. The lowest BCUT2D eigenvalue weighted by Crippen LogP contribution is -2.99. The van der Waals surface area contributed by atoms with E-state index in [0.29, 0.717) is 32.9 Å². The van der Waals surface area contributed by atoms with Crippen LogP contribution in [-0.4, -0.2) is 5.21 Å². The van der Waals surface area contributed by atoms with E-state index in [0.717, 1.165) is 0 Å². The van der Waals surface area contributed by atoms with Gasteiger partial charge < -0.3 is 9.62 Å². The van der Waals surface area contributed by atoms with E-state index in [-0.39, 0.29) is 11.1 Å². The normalized spacial score (nSPS) is 13.8. The summed E-state index contributed by atoms with van der Waals surface area (Å²) < 4.78 is 5.23. The molecular weight excluding hydrogens is 310 g/mol. The minimum atomic E-state index is -1.01. The lowest BCUT2D eigenvalue weighted by atomic mass is 10.00. The van der Waals surface area contributed by atoms with Crippen LogP contribution in [0, 0.1) is 5.21 Å². The quantitative estimate of drug-likeness (QED) is 0.529. The molecule has 118 valence electrons. The number of furan rings is 1. The van der Waals surface area contributed by atoms with Crippen molar-refractivity contribution in [2.24, 2.45) is 0 Å². The van der Waals surface area contributed by atoms with Crippen molar-refractivity contribution in [1.82, 2.24) is 0 Å². The number of benzene rings is 3. The number of quaternary nitrogens is 1. The minimum Gasteiger partial charge on any atom is -0.595 e. The summed E-state index contributed by atoms with van der Waals surface area (Å²) >= 11 is 0. The zero-order valence-corrected chi connectivity index (χ0v) is 12.3. The molecule has 1 atom stereocenters. The molecule has 0 radical (unpaired) electrons. The first kappa shape index (κ1) is 14.5. The van der Waals surface area contributed by atoms with E-state index in [2.05, 4.69) is 0 Å². The Morgan fingerprint density at radius 2 is 1.75 bits per heavy atom. The molecule has 24 heavy (non-hydrogen) atoms. The standard InChI is InChI=1S/C18H11NO5/c20-17-11(8-10-4-6-12(7-5-10)19(22)23)9-15-16-13(17)2-1-3-14(16)18(21)24-15/h1-9,19,22H/b11-8-. The van der Waals surface area contributed by atoms with Crippen LogP contribution in [0.5, 0.6) is 0 Å². The largest absolute Gasteiger partial charge is 0.595 e. The van der Waals surface area contributed by atoms with Crippen LogP contribution in [0.2, 0.25) is 0 Å². The fraction of sp³-hybridized carbons (Fsp3) is 0. The van der Waals surface area contributed by atoms with E-state index in [4.69, 9.17) is 9.62 Å². The summed E-state index contributed by atoms with van der Waals surface area (Å²) in [5.41, 5.74) is 0.745. The zero-order valence-electron chi connectivity index (χ0n) is 12.3. The van der Waals surface area contributed by atoms with Gasteiger partial charge in [-0.25, -0.2) is 10.0 Å². The van der Waals surface area contributed by atoms with Crippen molar-refractivity contribution >= 4 is 22.5 Å². The van der Waals surface area contributed by atoms with Crippen LogP contribution in [0.25, 0.3) is 28.2 Å². The van der Waals surface area contributed by atoms with E-state index in [1.165, 1.54) is 12.1 Å². The second-order valence-corrected chi connectivity index (χ2v) is 5.48. The van der Waals surface area contributed by atoms with Gasteiger partial charge in [-0.15, -0.1) is 0 Å². The molecule has 2 N–H and O–H groups in total. The highest BCUT2D eigenvalue weighted by Gasteiger charge is 2.19. The van der Waals surface area contributed by atoms with Crippen molar-refractivity contribution < 1.29 is 14.9 Å². The summed E-state index contributed by atoms with van der Waals surface area (Å²) in [7, 11) is 0. The van der Waals surface area contributed by atoms with Crippen molar-refractivity contribution in [1.29, 1.82) is 0 Å². The molecule has 1 aliphatic carbocycles. The van der Waals surface area contributed by atoms with Crippen LogP contribution in [0.15, 0.2) is 62.5 Å². The number of hydrogen-bond acceptors (Lipinski definition) is 5. The Labute approximate surface area is 134 Å². The first-order chi connectivity index (χ1) is 11.5. The monoisotopic (exact) mass is 321 g/mol. The molecule has 0 aromatic heterocycles. The second-order valence-electron chi connectivity index (χ2n) is 5.48. The fourth-order valence-corrected chi connectivity index (χ4v) is 2.86. The maximum absolute atomic E-state index is 12.7. The van der Waals surface area contributed by atoms with Crippen LogP contribution in [0.3, 0.4) is 0 Å². The van der Waals surface area contributed by atoms with Crippen molar-refractivity contribution in [2.75, 3.05) is 0 Å². The number of rotatable bonds is 2. The van der Waals surface area contributed by atoms with Gasteiger partial charge in [0.2, 0.25) is 0 Å². The Hall–Kier alpha value is -3.06.